The Hall–Kier alpha value is -2.24. The van der Waals surface area contributed by atoms with E-state index in [0.29, 0.717) is 11.0 Å². The third kappa shape index (κ3) is 5.64. The highest BCUT2D eigenvalue weighted by molar-refractivity contribution is 5.82. The molecule has 3 aliphatic rings. The van der Waals surface area contributed by atoms with Crippen LogP contribution in [0.1, 0.15) is 70.9 Å². The fraction of sp³-hybridized carbons (Fsp3) is 0.652. The molecule has 1 unspecified atom stereocenters. The molecule has 2 bridgehead atoms. The molecule has 0 aliphatic heterocycles. The number of hydrogen-bond acceptors (Lipinski definition) is 5. The molecular formula is C23H33NO5. The summed E-state index contributed by atoms with van der Waals surface area (Å²) in [5, 5.41) is 2.59. The molecule has 0 saturated heterocycles. The molecule has 0 spiro atoms. The van der Waals surface area contributed by atoms with E-state index in [1.54, 1.807) is 32.9 Å². The summed E-state index contributed by atoms with van der Waals surface area (Å²) >= 11 is 0. The first kappa shape index (κ1) is 21.5. The number of ether oxygens (including phenoxy) is 3. The summed E-state index contributed by atoms with van der Waals surface area (Å²) in [5.41, 5.74) is 0.298. The van der Waals surface area contributed by atoms with Crippen LogP contribution in [-0.4, -0.2) is 31.4 Å². The summed E-state index contributed by atoms with van der Waals surface area (Å²) in [6, 6.07) is 6.31. The van der Waals surface area contributed by atoms with Crippen LogP contribution >= 0.6 is 0 Å². The molecule has 1 aromatic rings. The van der Waals surface area contributed by atoms with Gasteiger partial charge in [0.2, 0.25) is 0 Å². The largest absolute Gasteiger partial charge is 0.493 e. The second-order valence-electron chi connectivity index (χ2n) is 9.44. The first-order valence-corrected chi connectivity index (χ1v) is 10.5. The number of hydrogen-bond donors (Lipinski definition) is 1. The van der Waals surface area contributed by atoms with Crippen molar-refractivity contribution in [2.24, 2.45) is 11.3 Å². The van der Waals surface area contributed by atoms with Crippen LogP contribution in [0.25, 0.3) is 0 Å². The predicted octanol–water partition coefficient (Wildman–Crippen LogP) is 4.77. The zero-order valence-corrected chi connectivity index (χ0v) is 18.0. The highest BCUT2D eigenvalue weighted by atomic mass is 16.6. The maximum absolute atomic E-state index is 12.2. The Balaban J connectivity index is 1.62. The molecule has 1 N–H and O–H groups in total. The summed E-state index contributed by atoms with van der Waals surface area (Å²) in [6.07, 6.45) is 7.12. The number of fused-ring (bicyclic) bond motifs is 3. The van der Waals surface area contributed by atoms with Crippen LogP contribution in [-0.2, 0) is 14.3 Å². The Morgan fingerprint density at radius 2 is 1.69 bits per heavy atom. The maximum atomic E-state index is 12.2. The number of benzene rings is 1. The van der Waals surface area contributed by atoms with Crippen LogP contribution in [0.3, 0.4) is 0 Å². The molecule has 3 saturated carbocycles. The van der Waals surface area contributed by atoms with E-state index in [1.807, 2.05) is 12.1 Å². The monoisotopic (exact) mass is 403 g/mol. The average molecular weight is 404 g/mol. The van der Waals surface area contributed by atoms with Gasteiger partial charge < -0.3 is 19.5 Å². The van der Waals surface area contributed by atoms with Crippen LogP contribution in [0.4, 0.5) is 4.79 Å². The molecule has 29 heavy (non-hydrogen) atoms. The van der Waals surface area contributed by atoms with Gasteiger partial charge in [0.25, 0.3) is 0 Å². The van der Waals surface area contributed by atoms with Crippen molar-refractivity contribution in [1.29, 1.82) is 0 Å². The van der Waals surface area contributed by atoms with Gasteiger partial charge in [0, 0.05) is 5.41 Å². The Bertz CT molecular complexity index is 700. The summed E-state index contributed by atoms with van der Waals surface area (Å²) < 4.78 is 16.2. The lowest BCUT2D eigenvalue weighted by atomic mass is 9.61. The van der Waals surface area contributed by atoms with Gasteiger partial charge in [0.1, 0.15) is 11.4 Å². The van der Waals surface area contributed by atoms with Crippen LogP contribution in [0.15, 0.2) is 24.3 Å². The molecule has 1 atom stereocenters. The molecule has 6 heteroatoms. The normalized spacial score (nSPS) is 24.5. The molecule has 0 radical (unpaired) electrons. The Morgan fingerprint density at radius 3 is 2.21 bits per heavy atom. The van der Waals surface area contributed by atoms with Gasteiger partial charge in [-0.15, -0.1) is 0 Å². The number of carbonyl (C=O) groups is 2. The van der Waals surface area contributed by atoms with Crippen LogP contribution in [0.2, 0.25) is 0 Å². The first-order chi connectivity index (χ1) is 13.7. The van der Waals surface area contributed by atoms with E-state index in [0.717, 1.165) is 18.3 Å². The summed E-state index contributed by atoms with van der Waals surface area (Å²) in [5.74, 6) is 1.16. The van der Waals surface area contributed by atoms with Gasteiger partial charge in [-0.2, -0.15) is 0 Å². The van der Waals surface area contributed by atoms with Gasteiger partial charge in [-0.3, -0.25) is 0 Å². The molecule has 4 rings (SSSR count). The summed E-state index contributed by atoms with van der Waals surface area (Å²) in [7, 11) is 1.29. The molecule has 6 nitrogen and oxygen atoms in total. The fourth-order valence-electron chi connectivity index (χ4n) is 4.37. The molecular weight excluding hydrogens is 370 g/mol. The predicted molar refractivity (Wildman–Crippen MR) is 110 cm³/mol. The summed E-state index contributed by atoms with van der Waals surface area (Å²) in [4.78, 5) is 24.3. The van der Waals surface area contributed by atoms with Crippen molar-refractivity contribution in [2.75, 3.05) is 13.7 Å². The summed E-state index contributed by atoms with van der Waals surface area (Å²) in [6.45, 7) is 6.05. The van der Waals surface area contributed by atoms with E-state index >= 15 is 0 Å². The number of alkyl carbamates (subject to hydrolysis) is 1. The number of amides is 1. The van der Waals surface area contributed by atoms with Crippen molar-refractivity contribution in [3.63, 3.8) is 0 Å². The highest BCUT2D eigenvalue weighted by Crippen LogP contribution is 2.50. The van der Waals surface area contributed by atoms with Crippen molar-refractivity contribution in [3.05, 3.63) is 29.8 Å². The lowest BCUT2D eigenvalue weighted by Gasteiger charge is -2.46. The molecule has 1 aromatic carbocycles. The molecule has 160 valence electrons. The third-order valence-electron chi connectivity index (χ3n) is 6.11. The minimum Gasteiger partial charge on any atom is -0.493 e. The van der Waals surface area contributed by atoms with Gasteiger partial charge in [0.15, 0.2) is 6.04 Å². The van der Waals surface area contributed by atoms with Crippen molar-refractivity contribution < 1.29 is 23.8 Å². The molecule has 1 amide bonds. The lowest BCUT2D eigenvalue weighted by Crippen LogP contribution is -2.38. The van der Waals surface area contributed by atoms with Crippen molar-refractivity contribution >= 4 is 12.1 Å². The minimum absolute atomic E-state index is 0.334. The van der Waals surface area contributed by atoms with Crippen molar-refractivity contribution in [2.45, 2.75) is 70.9 Å². The van der Waals surface area contributed by atoms with Crippen LogP contribution < -0.4 is 10.1 Å². The third-order valence-corrected chi connectivity index (χ3v) is 6.11. The van der Waals surface area contributed by atoms with E-state index in [9.17, 15) is 9.59 Å². The topological polar surface area (TPSA) is 73.9 Å². The quantitative estimate of drug-likeness (QED) is 0.692. The Kier molecular flexibility index (Phi) is 6.39. The molecule has 3 aliphatic carbocycles. The zero-order chi connectivity index (χ0) is 21.1. The van der Waals surface area contributed by atoms with Gasteiger partial charge in [-0.05, 0) is 82.9 Å². The van der Waals surface area contributed by atoms with E-state index in [-0.39, 0.29) is 0 Å². The average Bonchev–Trinajstić information content (AvgIpc) is 2.70. The number of esters is 1. The lowest BCUT2D eigenvalue weighted by molar-refractivity contribution is -0.143. The van der Waals surface area contributed by atoms with E-state index < -0.39 is 23.7 Å². The Labute approximate surface area is 173 Å². The van der Waals surface area contributed by atoms with E-state index in [4.69, 9.17) is 14.2 Å². The number of methoxy groups -OCH3 is 1. The zero-order valence-electron chi connectivity index (χ0n) is 18.0. The standard InChI is InChI=1S/C23H33NO5/c1-22(2,3)29-21(26)24-19(20(25)27-4)17-5-7-18(8-6-17)28-15-23-12-9-16(10-13-23)11-14-23/h5-8,16,19H,9-15H2,1-4H3,(H,24,26). The van der Waals surface area contributed by atoms with E-state index in [1.165, 1.54) is 45.6 Å². The second kappa shape index (κ2) is 8.64. The van der Waals surface area contributed by atoms with Gasteiger partial charge in [-0.1, -0.05) is 12.1 Å². The Morgan fingerprint density at radius 1 is 1.10 bits per heavy atom. The number of carbonyl (C=O) groups excluding carboxylic acids is 2. The van der Waals surface area contributed by atoms with Gasteiger partial charge in [0.05, 0.1) is 13.7 Å². The smallest absolute Gasteiger partial charge is 0.408 e. The van der Waals surface area contributed by atoms with E-state index in [2.05, 4.69) is 5.32 Å². The van der Waals surface area contributed by atoms with Crippen molar-refractivity contribution in [3.8, 4) is 5.75 Å². The van der Waals surface area contributed by atoms with Crippen LogP contribution in [0, 0.1) is 11.3 Å². The van der Waals surface area contributed by atoms with Crippen molar-refractivity contribution in [1.82, 2.24) is 5.32 Å². The number of rotatable bonds is 6. The molecule has 0 aromatic heterocycles. The maximum Gasteiger partial charge on any atom is 0.408 e. The minimum atomic E-state index is -0.934. The first-order valence-electron chi connectivity index (χ1n) is 10.5. The SMILES string of the molecule is COC(=O)C(NC(=O)OC(C)(C)C)c1ccc(OCC23CCC(CC2)CC3)cc1. The molecule has 0 heterocycles. The fourth-order valence-corrected chi connectivity index (χ4v) is 4.37. The number of nitrogens with one attached hydrogen (secondary N) is 1. The van der Waals surface area contributed by atoms with Gasteiger partial charge in [-0.25, -0.2) is 9.59 Å². The highest BCUT2D eigenvalue weighted by Gasteiger charge is 2.40. The van der Waals surface area contributed by atoms with Crippen LogP contribution in [0.5, 0.6) is 5.75 Å². The van der Waals surface area contributed by atoms with Gasteiger partial charge >= 0.3 is 12.1 Å². The second-order valence-corrected chi connectivity index (χ2v) is 9.44. The molecule has 3 fully saturated rings.